The quantitative estimate of drug-likeness (QED) is 0.613. The molecule has 3 nitrogen and oxygen atoms in total. The summed E-state index contributed by atoms with van der Waals surface area (Å²) in [6.45, 7) is 0. The first-order valence-corrected chi connectivity index (χ1v) is 5.11. The molecule has 4 heteroatoms. The molecule has 1 atom stereocenters. The van der Waals surface area contributed by atoms with Crippen LogP contribution in [0.4, 0.5) is 0 Å². The molecule has 0 unspecified atom stereocenters. The Morgan fingerprint density at radius 3 is 2.47 bits per heavy atom. The van der Waals surface area contributed by atoms with Crippen LogP contribution in [-0.2, 0) is 11.2 Å². The van der Waals surface area contributed by atoms with Crippen molar-refractivity contribution in [2.45, 2.75) is 12.5 Å². The largest absolute Gasteiger partial charge is 1.00 e. The molecule has 0 aromatic heterocycles. The van der Waals surface area contributed by atoms with Crippen molar-refractivity contribution in [2.75, 3.05) is 0 Å². The summed E-state index contributed by atoms with van der Waals surface area (Å²) in [5.74, 6) is -1.21. The fourth-order valence-corrected chi connectivity index (χ4v) is 1.70. The van der Waals surface area contributed by atoms with E-state index < -0.39 is 12.0 Å². The average molecular weight is 253 g/mol. The van der Waals surface area contributed by atoms with Gasteiger partial charge in [-0.25, -0.2) is 0 Å². The first-order chi connectivity index (χ1) is 7.66. The van der Waals surface area contributed by atoms with Gasteiger partial charge in [-0.05, 0) is 22.8 Å². The predicted molar refractivity (Wildman–Crippen MR) is 60.6 cm³/mol. The molecule has 0 aliphatic heterocycles. The van der Waals surface area contributed by atoms with Crippen molar-refractivity contribution in [1.82, 2.24) is 0 Å². The Balaban J connectivity index is 0.00000144. The topological polar surface area (TPSA) is 66.2 Å². The number of benzene rings is 2. The summed E-state index contributed by atoms with van der Waals surface area (Å²) in [7, 11) is 0. The van der Waals surface area contributed by atoms with Crippen LogP contribution in [0.3, 0.4) is 0 Å². The SMILES string of the molecule is N[C@@H](Cc1ccc2ccccc2c1)C(=O)[O-].[K+]. The molecular weight excluding hydrogens is 241 g/mol. The number of hydrogen-bond acceptors (Lipinski definition) is 3. The van der Waals surface area contributed by atoms with Crippen molar-refractivity contribution in [2.24, 2.45) is 5.73 Å². The molecule has 82 valence electrons. The van der Waals surface area contributed by atoms with E-state index in [1.165, 1.54) is 0 Å². The van der Waals surface area contributed by atoms with E-state index in [1.807, 2.05) is 42.5 Å². The predicted octanol–water partition coefficient (Wildman–Crippen LogP) is -2.54. The molecule has 0 heterocycles. The Kier molecular flexibility index (Phi) is 5.78. The number of carbonyl (C=O) groups excluding carboxylic acids is 1. The van der Waals surface area contributed by atoms with Crippen LogP contribution >= 0.6 is 0 Å². The van der Waals surface area contributed by atoms with E-state index >= 15 is 0 Å². The monoisotopic (exact) mass is 253 g/mol. The number of rotatable bonds is 3. The van der Waals surface area contributed by atoms with Gasteiger partial charge in [0, 0.05) is 6.04 Å². The van der Waals surface area contributed by atoms with E-state index in [0.717, 1.165) is 16.3 Å². The van der Waals surface area contributed by atoms with E-state index in [0.29, 0.717) is 6.42 Å². The minimum absolute atomic E-state index is 0. The molecule has 0 aliphatic carbocycles. The maximum atomic E-state index is 10.5. The summed E-state index contributed by atoms with van der Waals surface area (Å²) in [5, 5.41) is 12.8. The summed E-state index contributed by atoms with van der Waals surface area (Å²) >= 11 is 0. The van der Waals surface area contributed by atoms with Crippen molar-refractivity contribution >= 4 is 16.7 Å². The number of carbonyl (C=O) groups is 1. The summed E-state index contributed by atoms with van der Waals surface area (Å²) < 4.78 is 0. The van der Waals surface area contributed by atoms with Gasteiger partial charge in [-0.3, -0.25) is 0 Å². The van der Waals surface area contributed by atoms with Crippen LogP contribution in [0.5, 0.6) is 0 Å². The fraction of sp³-hybridized carbons (Fsp3) is 0.154. The minimum atomic E-state index is -1.21. The molecule has 2 N–H and O–H groups in total. The summed E-state index contributed by atoms with van der Waals surface area (Å²) in [4.78, 5) is 10.5. The zero-order valence-corrected chi connectivity index (χ0v) is 12.8. The van der Waals surface area contributed by atoms with Gasteiger partial charge >= 0.3 is 51.4 Å². The Hall–Kier alpha value is -0.234. The molecular formula is C13H12KNO2. The number of fused-ring (bicyclic) bond motifs is 1. The van der Waals surface area contributed by atoms with E-state index in [-0.39, 0.29) is 51.4 Å². The maximum absolute atomic E-state index is 10.5. The second kappa shape index (κ2) is 6.63. The van der Waals surface area contributed by atoms with Gasteiger partial charge < -0.3 is 15.6 Å². The zero-order chi connectivity index (χ0) is 11.5. The molecule has 2 rings (SSSR count). The number of hydrogen-bond donors (Lipinski definition) is 1. The van der Waals surface area contributed by atoms with E-state index in [4.69, 9.17) is 5.73 Å². The molecule has 0 fully saturated rings. The van der Waals surface area contributed by atoms with Crippen molar-refractivity contribution in [3.63, 3.8) is 0 Å². The van der Waals surface area contributed by atoms with Crippen LogP contribution < -0.4 is 62.2 Å². The van der Waals surface area contributed by atoms with Gasteiger partial charge in [0.1, 0.15) is 0 Å². The molecule has 2 aromatic carbocycles. The van der Waals surface area contributed by atoms with Crippen molar-refractivity contribution < 1.29 is 61.3 Å². The first-order valence-electron chi connectivity index (χ1n) is 5.11. The number of carboxylic acids is 1. The molecule has 17 heavy (non-hydrogen) atoms. The average Bonchev–Trinajstić information content (AvgIpc) is 2.28. The maximum Gasteiger partial charge on any atom is 1.00 e. The van der Waals surface area contributed by atoms with Gasteiger partial charge in [0.2, 0.25) is 0 Å². The van der Waals surface area contributed by atoms with Crippen LogP contribution in [0.15, 0.2) is 42.5 Å². The molecule has 0 spiro atoms. The fourth-order valence-electron chi connectivity index (χ4n) is 1.70. The molecule has 0 bridgehead atoms. The van der Waals surface area contributed by atoms with Crippen LogP contribution in [0.2, 0.25) is 0 Å². The van der Waals surface area contributed by atoms with Gasteiger partial charge in [0.15, 0.2) is 0 Å². The summed E-state index contributed by atoms with van der Waals surface area (Å²) in [6.07, 6.45) is 0.299. The summed E-state index contributed by atoms with van der Waals surface area (Å²) in [6, 6.07) is 12.8. The Morgan fingerprint density at radius 1 is 1.18 bits per heavy atom. The Bertz CT molecular complexity index is 528. The zero-order valence-electron chi connectivity index (χ0n) is 9.72. The van der Waals surface area contributed by atoms with Crippen LogP contribution in [0.1, 0.15) is 5.56 Å². The molecule has 0 saturated carbocycles. The second-order valence-electron chi connectivity index (χ2n) is 3.81. The van der Waals surface area contributed by atoms with Gasteiger partial charge in [0.05, 0.1) is 5.97 Å². The van der Waals surface area contributed by atoms with E-state index in [9.17, 15) is 9.90 Å². The van der Waals surface area contributed by atoms with Crippen molar-refractivity contribution in [3.05, 3.63) is 48.0 Å². The minimum Gasteiger partial charge on any atom is -0.548 e. The number of aliphatic carboxylic acids is 1. The number of nitrogens with two attached hydrogens (primary N) is 1. The third-order valence-electron chi connectivity index (χ3n) is 2.57. The molecule has 0 saturated heterocycles. The van der Waals surface area contributed by atoms with Gasteiger partial charge in [0.25, 0.3) is 0 Å². The second-order valence-corrected chi connectivity index (χ2v) is 3.81. The Labute approximate surface area is 142 Å². The van der Waals surface area contributed by atoms with Gasteiger partial charge in [-0.1, -0.05) is 42.5 Å². The van der Waals surface area contributed by atoms with Crippen LogP contribution in [0.25, 0.3) is 10.8 Å². The van der Waals surface area contributed by atoms with Gasteiger partial charge in [-0.15, -0.1) is 0 Å². The first kappa shape index (κ1) is 14.8. The molecule has 0 radical (unpaired) electrons. The van der Waals surface area contributed by atoms with Crippen LogP contribution in [0, 0.1) is 0 Å². The van der Waals surface area contributed by atoms with Crippen LogP contribution in [-0.4, -0.2) is 12.0 Å². The Morgan fingerprint density at radius 2 is 1.82 bits per heavy atom. The normalized spacial score (nSPS) is 11.8. The standard InChI is InChI=1S/C13H13NO2.K/c14-12(13(15)16)8-9-5-6-10-3-1-2-4-11(10)7-9;/h1-7,12H,8,14H2,(H,15,16);/q;+1/p-1/t12-;/m0./s1. The summed E-state index contributed by atoms with van der Waals surface area (Å²) in [5.41, 5.74) is 6.34. The third-order valence-corrected chi connectivity index (χ3v) is 2.57. The molecule has 0 amide bonds. The van der Waals surface area contributed by atoms with Crippen molar-refractivity contribution in [1.29, 1.82) is 0 Å². The van der Waals surface area contributed by atoms with E-state index in [2.05, 4.69) is 0 Å². The third kappa shape index (κ3) is 3.88. The molecule has 0 aliphatic rings. The van der Waals surface area contributed by atoms with Crippen molar-refractivity contribution in [3.8, 4) is 0 Å². The molecule has 2 aromatic rings. The smallest absolute Gasteiger partial charge is 0.548 e. The number of carboxylic acid groups (broad SMARTS) is 1. The van der Waals surface area contributed by atoms with Gasteiger partial charge in [-0.2, -0.15) is 0 Å². The van der Waals surface area contributed by atoms with E-state index in [1.54, 1.807) is 0 Å².